The van der Waals surface area contributed by atoms with E-state index >= 15 is 0 Å². The van der Waals surface area contributed by atoms with Gasteiger partial charge in [-0.05, 0) is 55.0 Å². The summed E-state index contributed by atoms with van der Waals surface area (Å²) in [7, 11) is 3.99. The minimum Gasteiger partial charge on any atom is -0.378 e. The number of rotatable bonds is 5. The van der Waals surface area contributed by atoms with Crippen LogP contribution in [0.1, 0.15) is 16.8 Å². The number of benzene rings is 2. The normalized spacial score (nSPS) is 15.0. The Hall–Kier alpha value is -3.80. The highest BCUT2D eigenvalue weighted by atomic mass is 16.2. The monoisotopic (exact) mass is 400 g/mol. The summed E-state index contributed by atoms with van der Waals surface area (Å²) in [6.45, 7) is 2.25. The molecule has 1 aromatic heterocycles. The third kappa shape index (κ3) is 3.85. The molecule has 30 heavy (non-hydrogen) atoms. The van der Waals surface area contributed by atoms with Crippen LogP contribution in [0.4, 0.5) is 10.5 Å². The number of aromatic nitrogens is 1. The van der Waals surface area contributed by atoms with E-state index in [0.717, 1.165) is 28.2 Å². The van der Waals surface area contributed by atoms with Crippen molar-refractivity contribution < 1.29 is 9.59 Å². The van der Waals surface area contributed by atoms with E-state index in [1.807, 2.05) is 97.3 Å². The highest BCUT2D eigenvalue weighted by Gasteiger charge is 2.33. The summed E-state index contributed by atoms with van der Waals surface area (Å²) in [5.74, 6) is -0.323. The van der Waals surface area contributed by atoms with Crippen LogP contribution >= 0.6 is 0 Å². The van der Waals surface area contributed by atoms with Crippen molar-refractivity contribution in [3.63, 3.8) is 0 Å². The Labute approximate surface area is 176 Å². The summed E-state index contributed by atoms with van der Waals surface area (Å²) in [5, 5.41) is 2.70. The number of aryl methyl sites for hydroxylation is 1. The molecule has 0 spiro atoms. The van der Waals surface area contributed by atoms with Crippen molar-refractivity contribution in [1.29, 1.82) is 0 Å². The maximum absolute atomic E-state index is 12.8. The van der Waals surface area contributed by atoms with E-state index < -0.39 is 6.03 Å². The zero-order valence-corrected chi connectivity index (χ0v) is 17.3. The van der Waals surface area contributed by atoms with Crippen LogP contribution < -0.4 is 10.2 Å². The van der Waals surface area contributed by atoms with Gasteiger partial charge >= 0.3 is 6.03 Å². The fourth-order valence-corrected chi connectivity index (χ4v) is 3.40. The van der Waals surface area contributed by atoms with Crippen molar-refractivity contribution in [2.24, 2.45) is 0 Å². The lowest BCUT2D eigenvalue weighted by molar-refractivity contribution is -0.123. The molecule has 0 aliphatic carbocycles. The van der Waals surface area contributed by atoms with Gasteiger partial charge in [0.25, 0.3) is 5.91 Å². The Bertz CT molecular complexity index is 1110. The molecule has 1 fully saturated rings. The minimum absolute atomic E-state index is 0.245. The molecule has 3 aromatic rings. The summed E-state index contributed by atoms with van der Waals surface area (Å²) in [5.41, 5.74) is 5.22. The number of carbonyl (C=O) groups is 2. The first kappa shape index (κ1) is 19.5. The Kier molecular flexibility index (Phi) is 5.14. The second-order valence-corrected chi connectivity index (χ2v) is 7.58. The second kappa shape index (κ2) is 7.91. The maximum atomic E-state index is 12.8. The smallest absolute Gasteiger partial charge is 0.329 e. The molecule has 0 unspecified atom stereocenters. The van der Waals surface area contributed by atoms with E-state index in [2.05, 4.69) is 5.32 Å². The van der Waals surface area contributed by atoms with Gasteiger partial charge in [0.15, 0.2) is 0 Å². The Balaban J connectivity index is 1.57. The van der Waals surface area contributed by atoms with Gasteiger partial charge in [0.1, 0.15) is 5.70 Å². The van der Waals surface area contributed by atoms with E-state index in [1.54, 1.807) is 6.08 Å². The molecule has 0 atom stereocenters. The molecule has 1 N–H and O–H groups in total. The van der Waals surface area contributed by atoms with Gasteiger partial charge in [-0.2, -0.15) is 0 Å². The molecule has 1 aliphatic heterocycles. The number of hydrogen-bond donors (Lipinski definition) is 1. The van der Waals surface area contributed by atoms with E-state index in [4.69, 9.17) is 0 Å². The van der Waals surface area contributed by atoms with Gasteiger partial charge in [0.2, 0.25) is 0 Å². The van der Waals surface area contributed by atoms with Crippen LogP contribution in [0.25, 0.3) is 11.8 Å². The molecule has 1 saturated heterocycles. The SMILES string of the molecule is Cc1ccc(CN2C(=O)N/C(=C\c3cccn3-c3ccc(N(C)C)cc3)C2=O)cc1. The first-order valence-corrected chi connectivity index (χ1v) is 9.77. The third-order valence-electron chi connectivity index (χ3n) is 5.14. The molecule has 2 aromatic carbocycles. The number of nitrogens with one attached hydrogen (secondary N) is 1. The van der Waals surface area contributed by atoms with E-state index in [0.29, 0.717) is 0 Å². The first-order chi connectivity index (χ1) is 14.4. The lowest BCUT2D eigenvalue weighted by Crippen LogP contribution is -2.30. The average Bonchev–Trinajstić information content (AvgIpc) is 3.30. The minimum atomic E-state index is -0.403. The van der Waals surface area contributed by atoms with Crippen LogP contribution in [0.5, 0.6) is 0 Å². The molecule has 0 bridgehead atoms. The fraction of sp³-hybridized carbons (Fsp3) is 0.167. The Morgan fingerprint density at radius 3 is 2.33 bits per heavy atom. The lowest BCUT2D eigenvalue weighted by Gasteiger charge is -2.14. The molecule has 6 nitrogen and oxygen atoms in total. The van der Waals surface area contributed by atoms with Gasteiger partial charge in [-0.25, -0.2) is 4.79 Å². The van der Waals surface area contributed by atoms with Crippen LogP contribution in [0.3, 0.4) is 0 Å². The molecule has 152 valence electrons. The van der Waals surface area contributed by atoms with Crippen LogP contribution in [-0.4, -0.2) is 35.5 Å². The molecule has 4 rings (SSSR count). The first-order valence-electron chi connectivity index (χ1n) is 9.77. The quantitative estimate of drug-likeness (QED) is 0.521. The summed E-state index contributed by atoms with van der Waals surface area (Å²) in [6, 6.07) is 19.4. The number of anilines is 1. The van der Waals surface area contributed by atoms with Gasteiger partial charge in [0.05, 0.1) is 6.54 Å². The molecule has 0 saturated carbocycles. The van der Waals surface area contributed by atoms with Crippen molar-refractivity contribution in [2.45, 2.75) is 13.5 Å². The summed E-state index contributed by atoms with van der Waals surface area (Å²) >= 11 is 0. The number of urea groups is 1. The molecule has 2 heterocycles. The molecule has 3 amide bonds. The van der Waals surface area contributed by atoms with Crippen LogP contribution in [-0.2, 0) is 11.3 Å². The zero-order valence-electron chi connectivity index (χ0n) is 17.3. The van der Waals surface area contributed by atoms with Gasteiger partial charge in [-0.3, -0.25) is 9.69 Å². The van der Waals surface area contributed by atoms with Gasteiger partial charge in [-0.15, -0.1) is 0 Å². The van der Waals surface area contributed by atoms with E-state index in [1.165, 1.54) is 4.90 Å². The molecule has 6 heteroatoms. The van der Waals surface area contributed by atoms with Crippen molar-refractivity contribution in [2.75, 3.05) is 19.0 Å². The fourth-order valence-electron chi connectivity index (χ4n) is 3.40. The molecular formula is C24H24N4O2. The standard InChI is InChI=1S/C24H24N4O2/c1-17-6-8-18(9-7-17)16-28-23(29)22(25-24(28)30)15-21-5-4-14-27(21)20-12-10-19(11-13-20)26(2)3/h4-15H,16H2,1-3H3,(H,25,30)/b22-15-. The summed E-state index contributed by atoms with van der Waals surface area (Å²) < 4.78 is 1.98. The average molecular weight is 400 g/mol. The maximum Gasteiger partial charge on any atom is 0.329 e. The number of hydrogen-bond acceptors (Lipinski definition) is 3. The highest BCUT2D eigenvalue weighted by molar-refractivity contribution is 6.13. The van der Waals surface area contributed by atoms with Gasteiger partial charge < -0.3 is 14.8 Å². The van der Waals surface area contributed by atoms with Crippen LogP contribution in [0, 0.1) is 6.92 Å². The molecular weight excluding hydrogens is 376 g/mol. The number of amides is 3. The van der Waals surface area contributed by atoms with Crippen molar-refractivity contribution in [3.8, 4) is 5.69 Å². The summed E-state index contributed by atoms with van der Waals surface area (Å²) in [4.78, 5) is 28.5. The highest BCUT2D eigenvalue weighted by Crippen LogP contribution is 2.21. The predicted octanol–water partition coefficient (Wildman–Crippen LogP) is 3.94. The number of imide groups is 1. The van der Waals surface area contributed by atoms with E-state index in [9.17, 15) is 9.59 Å². The Morgan fingerprint density at radius 1 is 0.967 bits per heavy atom. The number of nitrogens with zero attached hydrogens (tertiary/aromatic N) is 3. The predicted molar refractivity (Wildman–Crippen MR) is 118 cm³/mol. The Morgan fingerprint density at radius 2 is 1.67 bits per heavy atom. The zero-order chi connectivity index (χ0) is 21.3. The lowest BCUT2D eigenvalue weighted by atomic mass is 10.1. The largest absolute Gasteiger partial charge is 0.378 e. The number of carbonyl (C=O) groups excluding carboxylic acids is 2. The van der Waals surface area contributed by atoms with E-state index in [-0.39, 0.29) is 18.1 Å². The molecule has 0 radical (unpaired) electrons. The van der Waals surface area contributed by atoms with Crippen molar-refractivity contribution in [1.82, 2.24) is 14.8 Å². The second-order valence-electron chi connectivity index (χ2n) is 7.58. The third-order valence-corrected chi connectivity index (χ3v) is 5.14. The van der Waals surface area contributed by atoms with Crippen molar-refractivity contribution in [3.05, 3.63) is 89.4 Å². The van der Waals surface area contributed by atoms with Crippen molar-refractivity contribution >= 4 is 23.7 Å². The summed E-state index contributed by atoms with van der Waals surface area (Å²) in [6.07, 6.45) is 3.65. The molecule has 1 aliphatic rings. The van der Waals surface area contributed by atoms with Crippen LogP contribution in [0.15, 0.2) is 72.6 Å². The van der Waals surface area contributed by atoms with Gasteiger partial charge in [-0.1, -0.05) is 29.8 Å². The topological polar surface area (TPSA) is 57.6 Å². The van der Waals surface area contributed by atoms with Gasteiger partial charge in [0, 0.05) is 37.4 Å². The van der Waals surface area contributed by atoms with Crippen LogP contribution in [0.2, 0.25) is 0 Å².